The Balaban J connectivity index is 1.66. The SMILES string of the molecule is Cc1nc(CCN(Cc2ccc(F)cc2)C2CCOCC2)cs1. The quantitative estimate of drug-likeness (QED) is 0.803. The zero-order valence-corrected chi connectivity index (χ0v) is 14.3. The number of halogens is 1. The van der Waals surface area contributed by atoms with Crippen molar-refractivity contribution in [3.8, 4) is 0 Å². The Hall–Kier alpha value is -1.30. The van der Waals surface area contributed by atoms with Gasteiger partial charge in [-0.1, -0.05) is 12.1 Å². The van der Waals surface area contributed by atoms with Gasteiger partial charge in [-0.15, -0.1) is 11.3 Å². The van der Waals surface area contributed by atoms with E-state index in [9.17, 15) is 4.39 Å². The molecule has 1 aromatic heterocycles. The van der Waals surface area contributed by atoms with E-state index in [0.717, 1.165) is 56.1 Å². The lowest BCUT2D eigenvalue weighted by Gasteiger charge is -2.34. The molecule has 1 saturated heterocycles. The van der Waals surface area contributed by atoms with Gasteiger partial charge in [-0.2, -0.15) is 0 Å². The maximum absolute atomic E-state index is 13.1. The molecule has 2 aromatic rings. The van der Waals surface area contributed by atoms with Crippen molar-refractivity contribution < 1.29 is 9.13 Å². The predicted octanol–water partition coefficient (Wildman–Crippen LogP) is 3.81. The van der Waals surface area contributed by atoms with E-state index in [0.29, 0.717) is 6.04 Å². The maximum atomic E-state index is 13.1. The molecule has 0 spiro atoms. The molecule has 2 heterocycles. The lowest BCUT2D eigenvalue weighted by molar-refractivity contribution is 0.0312. The molecule has 0 aliphatic carbocycles. The van der Waals surface area contributed by atoms with Crippen LogP contribution in [0.5, 0.6) is 0 Å². The Morgan fingerprint density at radius 2 is 2.00 bits per heavy atom. The molecule has 0 amide bonds. The summed E-state index contributed by atoms with van der Waals surface area (Å²) in [5.41, 5.74) is 2.33. The summed E-state index contributed by atoms with van der Waals surface area (Å²) >= 11 is 1.71. The van der Waals surface area contributed by atoms with Gasteiger partial charge in [-0.3, -0.25) is 4.90 Å². The number of nitrogens with zero attached hydrogens (tertiary/aromatic N) is 2. The van der Waals surface area contributed by atoms with E-state index in [1.807, 2.05) is 19.1 Å². The van der Waals surface area contributed by atoms with Crippen molar-refractivity contribution in [2.24, 2.45) is 0 Å². The second-order valence-electron chi connectivity index (χ2n) is 6.05. The first-order valence-corrected chi connectivity index (χ1v) is 9.06. The van der Waals surface area contributed by atoms with Crippen LogP contribution in [0.1, 0.15) is 29.1 Å². The molecule has 0 radical (unpaired) electrons. The molecule has 0 saturated carbocycles. The van der Waals surface area contributed by atoms with Gasteiger partial charge in [0, 0.05) is 44.1 Å². The van der Waals surface area contributed by atoms with E-state index < -0.39 is 0 Å². The number of hydrogen-bond donors (Lipinski definition) is 0. The fourth-order valence-corrected chi connectivity index (χ4v) is 3.69. The van der Waals surface area contributed by atoms with E-state index in [1.165, 1.54) is 5.69 Å². The summed E-state index contributed by atoms with van der Waals surface area (Å²) in [7, 11) is 0. The highest BCUT2D eigenvalue weighted by Crippen LogP contribution is 2.19. The maximum Gasteiger partial charge on any atom is 0.123 e. The highest BCUT2D eigenvalue weighted by Gasteiger charge is 2.21. The van der Waals surface area contributed by atoms with Crippen molar-refractivity contribution in [2.45, 2.75) is 38.8 Å². The number of ether oxygens (including phenoxy) is 1. The number of hydrogen-bond acceptors (Lipinski definition) is 4. The van der Waals surface area contributed by atoms with Crippen molar-refractivity contribution in [3.63, 3.8) is 0 Å². The van der Waals surface area contributed by atoms with Gasteiger partial charge in [0.25, 0.3) is 0 Å². The molecule has 0 N–H and O–H groups in total. The minimum absolute atomic E-state index is 0.177. The number of benzene rings is 1. The minimum atomic E-state index is -0.177. The highest BCUT2D eigenvalue weighted by molar-refractivity contribution is 7.09. The highest BCUT2D eigenvalue weighted by atomic mass is 32.1. The van der Waals surface area contributed by atoms with Crippen molar-refractivity contribution in [1.82, 2.24) is 9.88 Å². The smallest absolute Gasteiger partial charge is 0.123 e. The van der Waals surface area contributed by atoms with Crippen LogP contribution in [0.25, 0.3) is 0 Å². The van der Waals surface area contributed by atoms with Gasteiger partial charge < -0.3 is 4.74 Å². The molecule has 1 aromatic carbocycles. The van der Waals surface area contributed by atoms with E-state index in [1.54, 1.807) is 23.5 Å². The van der Waals surface area contributed by atoms with E-state index in [4.69, 9.17) is 4.74 Å². The summed E-state index contributed by atoms with van der Waals surface area (Å²) in [4.78, 5) is 7.07. The minimum Gasteiger partial charge on any atom is -0.381 e. The lowest BCUT2D eigenvalue weighted by atomic mass is 10.0. The molecule has 1 fully saturated rings. The van der Waals surface area contributed by atoms with Crippen molar-refractivity contribution in [2.75, 3.05) is 19.8 Å². The van der Waals surface area contributed by atoms with Gasteiger partial charge >= 0.3 is 0 Å². The van der Waals surface area contributed by atoms with Gasteiger partial charge in [0.2, 0.25) is 0 Å². The third-order valence-corrected chi connectivity index (χ3v) is 5.15. The van der Waals surface area contributed by atoms with Crippen LogP contribution in [-0.4, -0.2) is 35.7 Å². The zero-order valence-electron chi connectivity index (χ0n) is 13.5. The van der Waals surface area contributed by atoms with Crippen LogP contribution >= 0.6 is 11.3 Å². The molecule has 1 aliphatic heterocycles. The number of thiazole rings is 1. The molecule has 124 valence electrons. The summed E-state index contributed by atoms with van der Waals surface area (Å²) in [5.74, 6) is -0.177. The zero-order chi connectivity index (χ0) is 16.1. The average molecular weight is 334 g/mol. The van der Waals surface area contributed by atoms with E-state index in [-0.39, 0.29) is 5.82 Å². The third kappa shape index (κ3) is 4.83. The van der Waals surface area contributed by atoms with Crippen molar-refractivity contribution >= 4 is 11.3 Å². The van der Waals surface area contributed by atoms with E-state index >= 15 is 0 Å². The van der Waals surface area contributed by atoms with Crippen LogP contribution < -0.4 is 0 Å². The van der Waals surface area contributed by atoms with Crippen molar-refractivity contribution in [1.29, 1.82) is 0 Å². The number of aromatic nitrogens is 1. The molecule has 1 aliphatic rings. The Morgan fingerprint density at radius 1 is 1.26 bits per heavy atom. The Kier molecular flexibility index (Phi) is 5.75. The predicted molar refractivity (Wildman–Crippen MR) is 91.2 cm³/mol. The monoisotopic (exact) mass is 334 g/mol. The van der Waals surface area contributed by atoms with Crippen LogP contribution in [0, 0.1) is 12.7 Å². The van der Waals surface area contributed by atoms with Crippen LogP contribution in [0.3, 0.4) is 0 Å². The second kappa shape index (κ2) is 7.99. The molecule has 0 atom stereocenters. The van der Waals surface area contributed by atoms with Gasteiger partial charge in [0.1, 0.15) is 5.82 Å². The van der Waals surface area contributed by atoms with Crippen molar-refractivity contribution in [3.05, 3.63) is 51.7 Å². The Bertz CT molecular complexity index is 608. The largest absolute Gasteiger partial charge is 0.381 e. The fraction of sp³-hybridized carbons (Fsp3) is 0.500. The van der Waals surface area contributed by atoms with Gasteiger partial charge in [0.15, 0.2) is 0 Å². The average Bonchev–Trinajstić information content (AvgIpc) is 2.99. The molecular weight excluding hydrogens is 311 g/mol. The summed E-state index contributed by atoms with van der Waals surface area (Å²) < 4.78 is 18.6. The molecule has 0 bridgehead atoms. The number of aryl methyl sites for hydroxylation is 1. The Morgan fingerprint density at radius 3 is 2.65 bits per heavy atom. The van der Waals surface area contributed by atoms with E-state index in [2.05, 4.69) is 15.3 Å². The molecule has 5 heteroatoms. The first-order valence-electron chi connectivity index (χ1n) is 8.18. The van der Waals surface area contributed by atoms with Gasteiger partial charge in [-0.25, -0.2) is 9.37 Å². The summed E-state index contributed by atoms with van der Waals surface area (Å²) in [6.07, 6.45) is 3.09. The van der Waals surface area contributed by atoms with Crippen LogP contribution in [0.4, 0.5) is 4.39 Å². The van der Waals surface area contributed by atoms with Gasteiger partial charge in [0.05, 0.1) is 10.7 Å². The standard InChI is InChI=1S/C18H23FN2OS/c1-14-20-17(13-23-14)6-9-21(18-7-10-22-11-8-18)12-15-2-4-16(19)5-3-15/h2-5,13,18H,6-12H2,1H3. The first kappa shape index (κ1) is 16.6. The normalized spacial score (nSPS) is 16.1. The van der Waals surface area contributed by atoms with Crippen LogP contribution in [0.2, 0.25) is 0 Å². The lowest BCUT2D eigenvalue weighted by Crippen LogP contribution is -2.40. The van der Waals surface area contributed by atoms with Gasteiger partial charge in [-0.05, 0) is 37.5 Å². The third-order valence-electron chi connectivity index (χ3n) is 4.33. The fourth-order valence-electron chi connectivity index (χ4n) is 3.05. The Labute approximate surface area is 141 Å². The summed E-state index contributed by atoms with van der Waals surface area (Å²) in [5, 5.41) is 3.27. The first-order chi connectivity index (χ1) is 11.2. The molecular formula is C18H23FN2OS. The summed E-state index contributed by atoms with van der Waals surface area (Å²) in [6.45, 7) is 5.54. The molecule has 23 heavy (non-hydrogen) atoms. The second-order valence-corrected chi connectivity index (χ2v) is 7.11. The molecule has 3 nitrogen and oxygen atoms in total. The molecule has 0 unspecified atom stereocenters. The summed E-state index contributed by atoms with van der Waals surface area (Å²) in [6, 6.07) is 7.39. The molecule has 3 rings (SSSR count). The number of rotatable bonds is 6. The van der Waals surface area contributed by atoms with Crippen LogP contribution in [0.15, 0.2) is 29.6 Å². The van der Waals surface area contributed by atoms with Crippen LogP contribution in [-0.2, 0) is 17.7 Å². The topological polar surface area (TPSA) is 25.4 Å².